The molecule has 0 aliphatic rings. The van der Waals surface area contributed by atoms with Gasteiger partial charge < -0.3 is 15.9 Å². The summed E-state index contributed by atoms with van der Waals surface area (Å²) in [4.78, 5) is 19.7. The predicted molar refractivity (Wildman–Crippen MR) is 65.9 cm³/mol. The van der Waals surface area contributed by atoms with E-state index in [4.69, 9.17) is 15.9 Å². The molecule has 17 heavy (non-hydrogen) atoms. The highest BCUT2D eigenvalue weighted by atomic mass is 16.4. The molecule has 0 amide bonds. The van der Waals surface area contributed by atoms with Crippen LogP contribution in [0.1, 0.15) is 24.2 Å². The molecule has 1 rings (SSSR count). The van der Waals surface area contributed by atoms with E-state index < -0.39 is 18.6 Å². The van der Waals surface area contributed by atoms with Crippen LogP contribution in [0.4, 0.5) is 0 Å². The van der Waals surface area contributed by atoms with Gasteiger partial charge in [0, 0.05) is 5.56 Å². The highest BCUT2D eigenvalue weighted by molar-refractivity contribution is 5.74. The normalized spacial score (nSPS) is 9.88. The first-order chi connectivity index (χ1) is 8.11. The Morgan fingerprint density at radius 2 is 1.82 bits per heavy atom. The molecular formula is C12H19NO4. The van der Waals surface area contributed by atoms with Crippen LogP contribution >= 0.6 is 0 Å². The molecule has 0 fully saturated rings. The molecular weight excluding hydrogens is 222 g/mol. The molecule has 5 nitrogen and oxygen atoms in total. The zero-order chi connectivity index (χ0) is 13.7. The molecule has 0 aliphatic heterocycles. The Bertz CT molecular complexity index is 301. The molecule has 1 atom stereocenters. The average Bonchev–Trinajstić information content (AvgIpc) is 2.41. The maximum Gasteiger partial charge on any atom is 0.322 e. The molecule has 96 valence electrons. The summed E-state index contributed by atoms with van der Waals surface area (Å²) in [5.41, 5.74) is 5.50. The number of carbonyl (C=O) groups is 2. The number of rotatable bonds is 3. The van der Waals surface area contributed by atoms with Gasteiger partial charge in [0.25, 0.3) is 0 Å². The lowest BCUT2D eigenvalue weighted by molar-refractivity contribution is -0.139. The van der Waals surface area contributed by atoms with Gasteiger partial charge in [-0.25, -0.2) is 0 Å². The first kappa shape index (κ1) is 17.7. The van der Waals surface area contributed by atoms with Crippen molar-refractivity contribution in [1.29, 1.82) is 0 Å². The number of benzene rings is 1. The van der Waals surface area contributed by atoms with Crippen LogP contribution in [-0.2, 0) is 4.79 Å². The van der Waals surface area contributed by atoms with E-state index >= 15 is 0 Å². The largest absolute Gasteiger partial charge is 0.480 e. The van der Waals surface area contributed by atoms with Crippen molar-refractivity contribution >= 4 is 12.3 Å². The predicted octanol–water partition coefficient (Wildman–Crippen LogP) is 0.916. The minimum Gasteiger partial charge on any atom is -0.480 e. The number of aliphatic hydroxyl groups is 1. The van der Waals surface area contributed by atoms with Crippen molar-refractivity contribution in [2.45, 2.75) is 19.9 Å². The van der Waals surface area contributed by atoms with E-state index in [9.17, 15) is 9.59 Å². The molecule has 0 aliphatic carbocycles. The van der Waals surface area contributed by atoms with E-state index in [1.54, 1.807) is 12.1 Å². The average molecular weight is 241 g/mol. The van der Waals surface area contributed by atoms with Crippen LogP contribution in [0.15, 0.2) is 30.3 Å². The molecule has 4 N–H and O–H groups in total. The Labute approximate surface area is 101 Å². The summed E-state index contributed by atoms with van der Waals surface area (Å²) in [5.74, 6) is -1.18. The van der Waals surface area contributed by atoms with E-state index in [1.165, 1.54) is 0 Å². The topological polar surface area (TPSA) is 101 Å². The lowest BCUT2D eigenvalue weighted by Crippen LogP contribution is -2.33. The molecule has 0 bridgehead atoms. The fourth-order valence-corrected chi connectivity index (χ4v) is 0.610. The van der Waals surface area contributed by atoms with Crippen molar-refractivity contribution in [3.05, 3.63) is 35.9 Å². The fraction of sp³-hybridized carbons (Fsp3) is 0.333. The van der Waals surface area contributed by atoms with Gasteiger partial charge in [0.15, 0.2) is 0 Å². The van der Waals surface area contributed by atoms with Gasteiger partial charge in [0.2, 0.25) is 0 Å². The summed E-state index contributed by atoms with van der Waals surface area (Å²) >= 11 is 0. The monoisotopic (exact) mass is 241 g/mol. The number of carboxylic acids is 1. The Hall–Kier alpha value is -1.72. The minimum absolute atomic E-state index is 0.505. The first-order valence-corrected chi connectivity index (χ1v) is 5.21. The smallest absolute Gasteiger partial charge is 0.322 e. The van der Waals surface area contributed by atoms with Gasteiger partial charge in [-0.3, -0.25) is 9.59 Å². The standard InChI is InChI=1S/C7H6O.C3H7NO3.C2H6/c8-6-7-4-2-1-3-5-7;4-2(1-5)3(6)7;1-2/h1-6H;2,5H,1,4H2,(H,6,7);1-2H3/t;2-;/m.0./s1. The third-order valence-corrected chi connectivity index (χ3v) is 1.45. The van der Waals surface area contributed by atoms with Crippen LogP contribution in [0.3, 0.4) is 0 Å². The lowest BCUT2D eigenvalue weighted by Gasteiger charge is -1.96. The summed E-state index contributed by atoms with van der Waals surface area (Å²) in [7, 11) is 0. The van der Waals surface area contributed by atoms with Crippen molar-refractivity contribution in [3.63, 3.8) is 0 Å². The Kier molecular flexibility index (Phi) is 12.8. The van der Waals surface area contributed by atoms with Crippen LogP contribution in [0.5, 0.6) is 0 Å². The zero-order valence-corrected chi connectivity index (χ0v) is 10.0. The van der Waals surface area contributed by atoms with Gasteiger partial charge in [0.1, 0.15) is 12.3 Å². The SMILES string of the molecule is CC.N[C@@H](CO)C(=O)O.O=Cc1ccccc1. The highest BCUT2D eigenvalue weighted by Gasteiger charge is 2.06. The van der Waals surface area contributed by atoms with E-state index in [0.717, 1.165) is 11.8 Å². The molecule has 0 radical (unpaired) electrons. The molecule has 0 aromatic heterocycles. The van der Waals surface area contributed by atoms with Gasteiger partial charge in [-0.1, -0.05) is 44.2 Å². The maximum absolute atomic E-state index is 10.0. The number of carboxylic acid groups (broad SMARTS) is 1. The van der Waals surface area contributed by atoms with Gasteiger partial charge in [-0.15, -0.1) is 0 Å². The fourth-order valence-electron chi connectivity index (χ4n) is 0.610. The number of aliphatic carboxylic acids is 1. The Balaban J connectivity index is 0. The second-order valence-corrected chi connectivity index (χ2v) is 2.66. The summed E-state index contributed by atoms with van der Waals surface area (Å²) in [6, 6.07) is 7.97. The third-order valence-electron chi connectivity index (χ3n) is 1.45. The van der Waals surface area contributed by atoms with Crippen LogP contribution in [0.25, 0.3) is 0 Å². The number of hydrogen-bond donors (Lipinski definition) is 3. The molecule has 0 saturated heterocycles. The quantitative estimate of drug-likeness (QED) is 0.683. The van der Waals surface area contributed by atoms with E-state index in [2.05, 4.69) is 0 Å². The van der Waals surface area contributed by atoms with Crippen molar-refractivity contribution in [2.24, 2.45) is 5.73 Å². The Morgan fingerprint density at radius 3 is 2.00 bits per heavy atom. The van der Waals surface area contributed by atoms with Crippen molar-refractivity contribution in [2.75, 3.05) is 6.61 Å². The van der Waals surface area contributed by atoms with E-state index in [-0.39, 0.29) is 0 Å². The molecule has 1 aromatic rings. The van der Waals surface area contributed by atoms with Crippen LogP contribution in [-0.4, -0.2) is 35.1 Å². The molecule has 5 heteroatoms. The minimum atomic E-state index is -1.18. The van der Waals surface area contributed by atoms with Crippen molar-refractivity contribution in [3.8, 4) is 0 Å². The number of aldehydes is 1. The summed E-state index contributed by atoms with van der Waals surface area (Å²) < 4.78 is 0. The molecule has 0 spiro atoms. The second-order valence-electron chi connectivity index (χ2n) is 2.66. The number of nitrogens with two attached hydrogens (primary N) is 1. The molecule has 0 heterocycles. The van der Waals surface area contributed by atoms with Gasteiger partial charge >= 0.3 is 5.97 Å². The van der Waals surface area contributed by atoms with Crippen molar-refractivity contribution in [1.82, 2.24) is 0 Å². The molecule has 1 aromatic carbocycles. The summed E-state index contributed by atoms with van der Waals surface area (Å²) in [6.07, 6.45) is 0.833. The summed E-state index contributed by atoms with van der Waals surface area (Å²) in [5, 5.41) is 15.9. The van der Waals surface area contributed by atoms with Gasteiger partial charge in [0.05, 0.1) is 6.61 Å². The van der Waals surface area contributed by atoms with Crippen molar-refractivity contribution < 1.29 is 19.8 Å². The van der Waals surface area contributed by atoms with Crippen LogP contribution in [0.2, 0.25) is 0 Å². The number of hydrogen-bond acceptors (Lipinski definition) is 4. The van der Waals surface area contributed by atoms with Crippen LogP contribution in [0, 0.1) is 0 Å². The zero-order valence-electron chi connectivity index (χ0n) is 10.0. The van der Waals surface area contributed by atoms with Gasteiger partial charge in [-0.2, -0.15) is 0 Å². The first-order valence-electron chi connectivity index (χ1n) is 5.21. The second kappa shape index (κ2) is 12.4. The highest BCUT2D eigenvalue weighted by Crippen LogP contribution is 1.91. The van der Waals surface area contributed by atoms with Crippen LogP contribution < -0.4 is 5.73 Å². The van der Waals surface area contributed by atoms with E-state index in [0.29, 0.717) is 0 Å². The number of aliphatic hydroxyl groups excluding tert-OH is 1. The Morgan fingerprint density at radius 1 is 1.35 bits per heavy atom. The maximum atomic E-state index is 10.0. The third kappa shape index (κ3) is 10.6. The van der Waals surface area contributed by atoms with E-state index in [1.807, 2.05) is 32.0 Å². The molecule has 0 saturated carbocycles. The molecule has 0 unspecified atom stereocenters. The summed E-state index contributed by atoms with van der Waals surface area (Å²) in [6.45, 7) is 3.50. The number of carbonyl (C=O) groups excluding carboxylic acids is 1. The lowest BCUT2D eigenvalue weighted by atomic mass is 10.2. The van der Waals surface area contributed by atoms with Gasteiger partial charge in [-0.05, 0) is 0 Å².